The minimum atomic E-state index is -0.0493. The number of anilines is 3. The largest absolute Gasteiger partial charge is 0.490 e. The molecule has 1 unspecified atom stereocenters. The summed E-state index contributed by atoms with van der Waals surface area (Å²) in [6, 6.07) is 14.7. The van der Waals surface area contributed by atoms with Crippen molar-refractivity contribution in [2.45, 2.75) is 13.1 Å². The first kappa shape index (κ1) is 20.0. The first-order valence-electron chi connectivity index (χ1n) is 11.5. The van der Waals surface area contributed by atoms with Gasteiger partial charge in [0.2, 0.25) is 0 Å². The molecule has 0 saturated carbocycles. The predicted octanol–water partition coefficient (Wildman–Crippen LogP) is 3.24. The van der Waals surface area contributed by atoms with Crippen LogP contribution in [-0.4, -0.2) is 56.4 Å². The molecular weight excluding hydrogens is 416 g/mol. The number of rotatable bonds is 3. The number of nitrogens with zero attached hydrogens (tertiary/aromatic N) is 3. The van der Waals surface area contributed by atoms with Gasteiger partial charge >= 0.3 is 0 Å². The molecule has 0 radical (unpaired) electrons. The number of nitrogens with one attached hydrogen (secondary N) is 3. The van der Waals surface area contributed by atoms with Crippen molar-refractivity contribution < 1.29 is 9.47 Å². The van der Waals surface area contributed by atoms with Crippen LogP contribution in [0, 0.1) is 0 Å². The molecule has 1 saturated heterocycles. The maximum Gasteiger partial charge on any atom is 0.162 e. The Morgan fingerprint density at radius 3 is 2.76 bits per heavy atom. The number of aliphatic imine (C=N–C) groups is 1. The highest BCUT2D eigenvalue weighted by atomic mass is 16.5. The van der Waals surface area contributed by atoms with E-state index in [1.165, 1.54) is 5.69 Å². The molecule has 33 heavy (non-hydrogen) atoms. The molecule has 3 N–H and O–H groups in total. The summed E-state index contributed by atoms with van der Waals surface area (Å²) >= 11 is 0. The van der Waals surface area contributed by atoms with Crippen LogP contribution >= 0.6 is 0 Å². The van der Waals surface area contributed by atoms with Gasteiger partial charge in [-0.05, 0) is 49.4 Å². The number of morpholine rings is 1. The SMILES string of the molecule is CC1=CNC2C(Nc3ccc(N4CCOCC4)cc3)=NC(c3ccc4c(c3)NCCO4)=CN12. The Hall–Kier alpha value is -3.65. The molecule has 0 aliphatic carbocycles. The van der Waals surface area contributed by atoms with E-state index in [1.807, 2.05) is 12.3 Å². The molecule has 8 nitrogen and oxygen atoms in total. The summed E-state index contributed by atoms with van der Waals surface area (Å²) in [4.78, 5) is 9.59. The smallest absolute Gasteiger partial charge is 0.162 e. The molecule has 170 valence electrons. The quantitative estimate of drug-likeness (QED) is 0.671. The van der Waals surface area contributed by atoms with Crippen LogP contribution in [0.15, 0.2) is 65.6 Å². The Morgan fingerprint density at radius 1 is 1.06 bits per heavy atom. The van der Waals surface area contributed by atoms with Gasteiger partial charge in [0, 0.05) is 54.7 Å². The maximum atomic E-state index is 5.74. The topological polar surface area (TPSA) is 73.4 Å². The van der Waals surface area contributed by atoms with Crippen LogP contribution in [-0.2, 0) is 4.74 Å². The molecular formula is C25H28N6O2. The number of hydrogen-bond acceptors (Lipinski definition) is 8. The summed E-state index contributed by atoms with van der Waals surface area (Å²) in [6.07, 6.45) is 4.09. The van der Waals surface area contributed by atoms with E-state index in [1.54, 1.807) is 0 Å². The highest BCUT2D eigenvalue weighted by Gasteiger charge is 2.31. The molecule has 8 heteroatoms. The molecule has 1 fully saturated rings. The maximum absolute atomic E-state index is 5.74. The molecule has 4 heterocycles. The monoisotopic (exact) mass is 444 g/mol. The molecule has 4 aliphatic heterocycles. The molecule has 0 bridgehead atoms. The van der Waals surface area contributed by atoms with Gasteiger partial charge in [-0.3, -0.25) is 0 Å². The lowest BCUT2D eigenvalue weighted by Gasteiger charge is -2.31. The van der Waals surface area contributed by atoms with E-state index in [4.69, 9.17) is 14.5 Å². The minimum absolute atomic E-state index is 0.0493. The van der Waals surface area contributed by atoms with Crippen molar-refractivity contribution >= 4 is 28.6 Å². The van der Waals surface area contributed by atoms with Gasteiger partial charge < -0.3 is 35.2 Å². The van der Waals surface area contributed by atoms with Gasteiger partial charge in [-0.15, -0.1) is 0 Å². The molecule has 2 aromatic carbocycles. The van der Waals surface area contributed by atoms with Crippen LogP contribution in [0.5, 0.6) is 5.75 Å². The highest BCUT2D eigenvalue weighted by molar-refractivity contribution is 6.04. The summed E-state index contributed by atoms with van der Waals surface area (Å²) in [5.41, 5.74) is 6.35. The Labute approximate surface area is 193 Å². The van der Waals surface area contributed by atoms with Crippen molar-refractivity contribution in [2.75, 3.05) is 55.0 Å². The van der Waals surface area contributed by atoms with E-state index in [0.717, 1.165) is 72.8 Å². The van der Waals surface area contributed by atoms with E-state index in [0.29, 0.717) is 6.61 Å². The van der Waals surface area contributed by atoms with Crippen molar-refractivity contribution in [2.24, 2.45) is 4.99 Å². The van der Waals surface area contributed by atoms with E-state index < -0.39 is 0 Å². The molecule has 0 aromatic heterocycles. The Bertz CT molecular complexity index is 1130. The molecule has 6 rings (SSSR count). The molecule has 0 amide bonds. The Kier molecular flexibility index (Phi) is 5.07. The van der Waals surface area contributed by atoms with Gasteiger partial charge in [0.15, 0.2) is 12.0 Å². The fourth-order valence-electron chi connectivity index (χ4n) is 4.56. The normalized spacial score (nSPS) is 21.5. The summed E-state index contributed by atoms with van der Waals surface area (Å²) in [5, 5.41) is 10.4. The van der Waals surface area contributed by atoms with E-state index in [-0.39, 0.29) is 6.17 Å². The lowest BCUT2D eigenvalue weighted by molar-refractivity contribution is 0.122. The zero-order valence-electron chi connectivity index (χ0n) is 18.7. The first-order chi connectivity index (χ1) is 16.2. The van der Waals surface area contributed by atoms with Gasteiger partial charge in [-0.2, -0.15) is 0 Å². The Morgan fingerprint density at radius 2 is 1.91 bits per heavy atom. The van der Waals surface area contributed by atoms with Crippen molar-refractivity contribution in [1.29, 1.82) is 0 Å². The zero-order valence-corrected chi connectivity index (χ0v) is 18.7. The molecule has 2 aromatic rings. The standard InChI is InChI=1S/C25H28N6O2/c1-17-15-27-25-24(28-19-3-5-20(6-4-19)30-9-12-32-13-10-30)29-22(16-31(17)25)18-2-7-23-21(14-18)26-8-11-33-23/h2-7,14-16,25-27H,8-13H2,1H3,(H,28,29). The lowest BCUT2D eigenvalue weighted by Crippen LogP contribution is -2.46. The van der Waals surface area contributed by atoms with Crippen LogP contribution in [0.1, 0.15) is 12.5 Å². The predicted molar refractivity (Wildman–Crippen MR) is 131 cm³/mol. The number of ether oxygens (including phenoxy) is 2. The van der Waals surface area contributed by atoms with Crippen LogP contribution < -0.4 is 25.6 Å². The fourth-order valence-corrected chi connectivity index (χ4v) is 4.56. The lowest BCUT2D eigenvalue weighted by atomic mass is 10.1. The summed E-state index contributed by atoms with van der Waals surface area (Å²) < 4.78 is 11.2. The average Bonchev–Trinajstić information content (AvgIpc) is 3.25. The van der Waals surface area contributed by atoms with E-state index in [9.17, 15) is 0 Å². The van der Waals surface area contributed by atoms with Gasteiger partial charge in [-0.1, -0.05) is 0 Å². The molecule has 1 atom stereocenters. The van der Waals surface area contributed by atoms with Gasteiger partial charge in [0.05, 0.1) is 24.6 Å². The molecule has 4 aliphatic rings. The second-order valence-corrected chi connectivity index (χ2v) is 8.53. The summed E-state index contributed by atoms with van der Waals surface area (Å²) in [6.45, 7) is 7.03. The summed E-state index contributed by atoms with van der Waals surface area (Å²) in [7, 11) is 0. The van der Waals surface area contributed by atoms with Crippen LogP contribution in [0.2, 0.25) is 0 Å². The van der Waals surface area contributed by atoms with E-state index in [2.05, 4.69) is 75.3 Å². The number of fused-ring (bicyclic) bond motifs is 2. The number of hydrogen-bond donors (Lipinski definition) is 3. The second kappa shape index (κ2) is 8.37. The third-order valence-corrected chi connectivity index (χ3v) is 6.36. The van der Waals surface area contributed by atoms with Crippen LogP contribution in [0.4, 0.5) is 17.1 Å². The number of amidine groups is 1. The molecule has 0 spiro atoms. The second-order valence-electron chi connectivity index (χ2n) is 8.53. The van der Waals surface area contributed by atoms with E-state index >= 15 is 0 Å². The van der Waals surface area contributed by atoms with Crippen molar-refractivity contribution in [3.8, 4) is 5.75 Å². The number of allylic oxidation sites excluding steroid dienone is 1. The van der Waals surface area contributed by atoms with Crippen molar-refractivity contribution in [3.63, 3.8) is 0 Å². The van der Waals surface area contributed by atoms with Gasteiger partial charge in [0.1, 0.15) is 12.4 Å². The van der Waals surface area contributed by atoms with Crippen molar-refractivity contribution in [1.82, 2.24) is 10.2 Å². The van der Waals surface area contributed by atoms with Gasteiger partial charge in [0.25, 0.3) is 0 Å². The fraction of sp³-hybridized carbons (Fsp3) is 0.320. The third-order valence-electron chi connectivity index (χ3n) is 6.36. The zero-order chi connectivity index (χ0) is 22.2. The minimum Gasteiger partial charge on any atom is -0.490 e. The summed E-state index contributed by atoms with van der Waals surface area (Å²) in [5.74, 6) is 1.75. The van der Waals surface area contributed by atoms with Gasteiger partial charge in [-0.25, -0.2) is 4.99 Å². The highest BCUT2D eigenvalue weighted by Crippen LogP contribution is 2.34. The van der Waals surface area contributed by atoms with Crippen LogP contribution in [0.3, 0.4) is 0 Å². The van der Waals surface area contributed by atoms with Crippen LogP contribution in [0.25, 0.3) is 5.70 Å². The van der Waals surface area contributed by atoms with Crippen molar-refractivity contribution in [3.05, 3.63) is 66.1 Å². The Balaban J connectivity index is 1.27. The average molecular weight is 445 g/mol. The third kappa shape index (κ3) is 3.87. The first-order valence-corrected chi connectivity index (χ1v) is 11.5. The number of benzene rings is 2.